The first-order valence-electron chi connectivity index (χ1n) is 11.6. The van der Waals surface area contributed by atoms with Crippen molar-refractivity contribution in [2.24, 2.45) is 0 Å². The molecule has 1 aliphatic rings. The average Bonchev–Trinajstić information content (AvgIpc) is 3.38. The number of hydrogen-bond acceptors (Lipinski definition) is 5. The molecule has 2 heterocycles. The minimum Gasteiger partial charge on any atom is -0.497 e. The van der Waals surface area contributed by atoms with Crippen molar-refractivity contribution in [2.75, 3.05) is 13.7 Å². The lowest BCUT2D eigenvalue weighted by molar-refractivity contribution is -0.120. The van der Waals surface area contributed by atoms with Crippen molar-refractivity contribution in [3.8, 4) is 11.7 Å². The molecule has 4 rings (SSSR count). The van der Waals surface area contributed by atoms with Crippen molar-refractivity contribution < 1.29 is 9.53 Å². The van der Waals surface area contributed by atoms with Crippen LogP contribution in [0.2, 0.25) is 0 Å². The van der Waals surface area contributed by atoms with Crippen molar-refractivity contribution in [3.63, 3.8) is 0 Å². The molecule has 0 bridgehead atoms. The molecular formula is C26H33N5O2. The van der Waals surface area contributed by atoms with Gasteiger partial charge in [0.1, 0.15) is 5.75 Å². The number of methoxy groups -OCH3 is 1. The zero-order valence-corrected chi connectivity index (χ0v) is 20.2. The second kappa shape index (κ2) is 9.33. The number of amides is 1. The number of aromatic nitrogens is 4. The Hall–Kier alpha value is -3.22. The van der Waals surface area contributed by atoms with Gasteiger partial charge >= 0.3 is 0 Å². The Bertz CT molecular complexity index is 1140. The molecule has 0 radical (unpaired) electrons. The van der Waals surface area contributed by atoms with Gasteiger partial charge in [0.25, 0.3) is 5.95 Å². The fourth-order valence-corrected chi connectivity index (χ4v) is 4.99. The third-order valence-corrected chi connectivity index (χ3v) is 6.81. The molecule has 0 aliphatic heterocycles. The summed E-state index contributed by atoms with van der Waals surface area (Å²) in [6, 6.07) is 10.2. The largest absolute Gasteiger partial charge is 0.497 e. The molecule has 1 amide bonds. The van der Waals surface area contributed by atoms with Crippen LogP contribution in [0, 0.1) is 27.7 Å². The van der Waals surface area contributed by atoms with Crippen molar-refractivity contribution in [1.82, 2.24) is 25.1 Å². The number of nitrogens with zero attached hydrogens (tertiary/aromatic N) is 4. The van der Waals surface area contributed by atoms with E-state index in [2.05, 4.69) is 32.5 Å². The Morgan fingerprint density at radius 2 is 1.79 bits per heavy atom. The predicted molar refractivity (Wildman–Crippen MR) is 128 cm³/mol. The number of carbonyl (C=O) groups excluding carboxylic acids is 1. The van der Waals surface area contributed by atoms with Gasteiger partial charge in [-0.25, -0.2) is 14.6 Å². The van der Waals surface area contributed by atoms with E-state index in [0.717, 1.165) is 46.9 Å². The lowest BCUT2D eigenvalue weighted by atomic mass is 9.78. The van der Waals surface area contributed by atoms with E-state index in [1.54, 1.807) is 11.8 Å². The van der Waals surface area contributed by atoms with Gasteiger partial charge in [0.05, 0.1) is 19.2 Å². The molecule has 1 aliphatic carbocycles. The third kappa shape index (κ3) is 4.77. The van der Waals surface area contributed by atoms with Gasteiger partial charge in [-0.2, -0.15) is 5.10 Å². The van der Waals surface area contributed by atoms with Crippen LogP contribution >= 0.6 is 0 Å². The average molecular weight is 448 g/mol. The van der Waals surface area contributed by atoms with E-state index in [9.17, 15) is 4.79 Å². The summed E-state index contributed by atoms with van der Waals surface area (Å²) >= 11 is 0. The fraction of sp³-hybridized carbons (Fsp3) is 0.462. The van der Waals surface area contributed by atoms with Crippen LogP contribution in [0.1, 0.15) is 59.6 Å². The van der Waals surface area contributed by atoms with Crippen molar-refractivity contribution in [3.05, 3.63) is 64.2 Å². The lowest BCUT2D eigenvalue weighted by Gasteiger charge is -2.30. The summed E-state index contributed by atoms with van der Waals surface area (Å²) in [5.41, 5.74) is 5.65. The maximum atomic E-state index is 13.0. The van der Waals surface area contributed by atoms with Crippen LogP contribution < -0.4 is 10.1 Å². The topological polar surface area (TPSA) is 81.9 Å². The van der Waals surface area contributed by atoms with E-state index in [-0.39, 0.29) is 17.7 Å². The monoisotopic (exact) mass is 447 g/mol. The van der Waals surface area contributed by atoms with Gasteiger partial charge in [-0.1, -0.05) is 25.0 Å². The van der Waals surface area contributed by atoms with Gasteiger partial charge in [0.2, 0.25) is 5.91 Å². The second-order valence-electron chi connectivity index (χ2n) is 9.18. The van der Waals surface area contributed by atoms with Crippen molar-refractivity contribution in [2.45, 2.75) is 65.2 Å². The van der Waals surface area contributed by atoms with E-state index < -0.39 is 0 Å². The van der Waals surface area contributed by atoms with Crippen LogP contribution in [0.5, 0.6) is 5.75 Å². The summed E-state index contributed by atoms with van der Waals surface area (Å²) in [6.07, 6.45) is 4.78. The van der Waals surface area contributed by atoms with Gasteiger partial charge in [0.15, 0.2) is 0 Å². The summed E-state index contributed by atoms with van der Waals surface area (Å²) in [5.74, 6) is 1.41. The smallest absolute Gasteiger partial charge is 0.251 e. The molecule has 7 heteroatoms. The number of rotatable bonds is 7. The Labute approximate surface area is 195 Å². The highest BCUT2D eigenvalue weighted by molar-refractivity contribution is 5.79. The van der Waals surface area contributed by atoms with Gasteiger partial charge in [-0.05, 0) is 64.3 Å². The summed E-state index contributed by atoms with van der Waals surface area (Å²) < 4.78 is 7.18. The van der Waals surface area contributed by atoms with Crippen LogP contribution in [-0.2, 0) is 16.6 Å². The Kier molecular flexibility index (Phi) is 6.49. The number of carbonyl (C=O) groups is 1. The fourth-order valence-electron chi connectivity index (χ4n) is 4.99. The third-order valence-electron chi connectivity index (χ3n) is 6.81. The Balaban J connectivity index is 1.50. The summed E-state index contributed by atoms with van der Waals surface area (Å²) in [4.78, 5) is 22.1. The number of aryl methyl sites for hydroxylation is 3. The highest BCUT2D eigenvalue weighted by Crippen LogP contribution is 2.41. The molecule has 0 unspecified atom stereocenters. The van der Waals surface area contributed by atoms with Crippen LogP contribution in [0.25, 0.3) is 5.95 Å². The molecule has 1 fully saturated rings. The highest BCUT2D eigenvalue weighted by atomic mass is 16.5. The molecule has 0 spiro atoms. The van der Waals surface area contributed by atoms with E-state index in [4.69, 9.17) is 4.74 Å². The van der Waals surface area contributed by atoms with Crippen LogP contribution in [0.3, 0.4) is 0 Å². The Morgan fingerprint density at radius 3 is 2.45 bits per heavy atom. The van der Waals surface area contributed by atoms with E-state index >= 15 is 0 Å². The van der Waals surface area contributed by atoms with Gasteiger partial charge in [-0.3, -0.25) is 4.79 Å². The highest BCUT2D eigenvalue weighted by Gasteiger charge is 2.36. The second-order valence-corrected chi connectivity index (χ2v) is 9.18. The van der Waals surface area contributed by atoms with Gasteiger partial charge < -0.3 is 10.1 Å². The molecular weight excluding hydrogens is 414 g/mol. The molecule has 0 atom stereocenters. The summed E-state index contributed by atoms with van der Waals surface area (Å²) in [6.45, 7) is 8.42. The summed E-state index contributed by atoms with van der Waals surface area (Å²) in [7, 11) is 1.69. The molecule has 1 aromatic carbocycles. The number of nitrogens with one attached hydrogen (secondary N) is 1. The molecule has 1 saturated carbocycles. The first-order chi connectivity index (χ1) is 15.8. The SMILES string of the molecule is COc1cccc(C2(CNC(=O)Cc3c(C)nn(-c4nc(C)cc(C)n4)c3C)CCCC2)c1. The van der Waals surface area contributed by atoms with Gasteiger partial charge in [-0.15, -0.1) is 0 Å². The molecule has 7 nitrogen and oxygen atoms in total. The zero-order valence-electron chi connectivity index (χ0n) is 20.2. The lowest BCUT2D eigenvalue weighted by Crippen LogP contribution is -2.39. The van der Waals surface area contributed by atoms with Gasteiger partial charge in [0, 0.05) is 34.6 Å². The minimum atomic E-state index is -0.0363. The van der Waals surface area contributed by atoms with Crippen LogP contribution in [0.4, 0.5) is 0 Å². The molecule has 174 valence electrons. The first kappa shape index (κ1) is 23.0. The maximum Gasteiger partial charge on any atom is 0.251 e. The van der Waals surface area contributed by atoms with Crippen molar-refractivity contribution in [1.29, 1.82) is 0 Å². The normalized spacial score (nSPS) is 14.9. The molecule has 2 aromatic heterocycles. The zero-order chi connectivity index (χ0) is 23.6. The van der Waals surface area contributed by atoms with Crippen LogP contribution in [-0.4, -0.2) is 39.3 Å². The van der Waals surface area contributed by atoms with Crippen LogP contribution in [0.15, 0.2) is 30.3 Å². The maximum absolute atomic E-state index is 13.0. The number of ether oxygens (including phenoxy) is 1. The quantitative estimate of drug-likeness (QED) is 0.590. The summed E-state index contributed by atoms with van der Waals surface area (Å²) in [5, 5.41) is 7.85. The molecule has 0 saturated heterocycles. The number of hydrogen-bond donors (Lipinski definition) is 1. The molecule has 3 aromatic rings. The van der Waals surface area contributed by atoms with E-state index in [1.807, 2.05) is 45.9 Å². The van der Waals surface area contributed by atoms with E-state index in [0.29, 0.717) is 12.5 Å². The number of benzene rings is 1. The predicted octanol–water partition coefficient (Wildman–Crippen LogP) is 4.08. The minimum absolute atomic E-state index is 0.0104. The Morgan fingerprint density at radius 1 is 1.09 bits per heavy atom. The van der Waals surface area contributed by atoms with Crippen molar-refractivity contribution >= 4 is 5.91 Å². The molecule has 33 heavy (non-hydrogen) atoms. The first-order valence-corrected chi connectivity index (χ1v) is 11.6. The molecule has 1 N–H and O–H groups in total. The standard InChI is InChI=1S/C26H33N5O2/c1-17-13-18(2)29-25(28-17)31-20(4)23(19(3)30-31)15-24(32)27-16-26(11-6-7-12-26)21-9-8-10-22(14-21)33-5/h8-10,13-14H,6-7,11-12,15-16H2,1-5H3,(H,27,32). The van der Waals surface area contributed by atoms with E-state index in [1.165, 1.54) is 18.4 Å².